The maximum absolute atomic E-state index is 5.87. The van der Waals surface area contributed by atoms with E-state index in [1.165, 1.54) is 22.3 Å². The van der Waals surface area contributed by atoms with Crippen LogP contribution in [0.5, 0.6) is 0 Å². The molecule has 0 fully saturated rings. The number of nitrogens with zero attached hydrogens (tertiary/aromatic N) is 2. The number of nitrogens with one attached hydrogen (secondary N) is 1. The summed E-state index contributed by atoms with van der Waals surface area (Å²) in [6, 6.07) is 6.44. The molecule has 0 bridgehead atoms. The number of hydrogen-bond donors (Lipinski definition) is 2. The molecule has 21 heavy (non-hydrogen) atoms. The second-order valence-corrected chi connectivity index (χ2v) is 5.63. The van der Waals surface area contributed by atoms with E-state index in [0.29, 0.717) is 0 Å². The van der Waals surface area contributed by atoms with E-state index in [4.69, 9.17) is 5.84 Å². The second-order valence-electron chi connectivity index (χ2n) is 5.63. The third-order valence-electron chi connectivity index (χ3n) is 4.03. The van der Waals surface area contributed by atoms with Crippen molar-refractivity contribution in [2.45, 2.75) is 47.1 Å². The summed E-state index contributed by atoms with van der Waals surface area (Å²) >= 11 is 0. The maximum Gasteiger partial charge on any atom is 0.0731 e. The summed E-state index contributed by atoms with van der Waals surface area (Å²) in [5.74, 6) is 5.87. The van der Waals surface area contributed by atoms with Gasteiger partial charge in [0.05, 0.1) is 17.4 Å². The minimum absolute atomic E-state index is 0.0616. The number of aryl methyl sites for hydroxylation is 5. The molecular formula is C17H24N4. The molecule has 112 valence electrons. The molecule has 4 heteroatoms. The zero-order chi connectivity index (χ0) is 15.6. The van der Waals surface area contributed by atoms with Crippen LogP contribution in [0.3, 0.4) is 0 Å². The molecule has 1 atom stereocenters. The Kier molecular flexibility index (Phi) is 4.70. The van der Waals surface area contributed by atoms with Gasteiger partial charge in [-0.05, 0) is 62.4 Å². The molecule has 1 unspecified atom stereocenters. The molecule has 1 aromatic heterocycles. The van der Waals surface area contributed by atoms with Crippen LogP contribution in [0, 0.1) is 27.7 Å². The molecule has 2 rings (SSSR count). The van der Waals surface area contributed by atoms with Gasteiger partial charge in [-0.25, -0.2) is 5.43 Å². The number of aromatic nitrogens is 2. The molecule has 4 nitrogen and oxygen atoms in total. The summed E-state index contributed by atoms with van der Waals surface area (Å²) in [6.07, 6.45) is 0.838. The van der Waals surface area contributed by atoms with Gasteiger partial charge < -0.3 is 0 Å². The quantitative estimate of drug-likeness (QED) is 0.669. The van der Waals surface area contributed by atoms with Crippen LogP contribution in [0.4, 0.5) is 0 Å². The van der Waals surface area contributed by atoms with Crippen molar-refractivity contribution in [3.8, 4) is 0 Å². The van der Waals surface area contributed by atoms with Crippen molar-refractivity contribution in [2.24, 2.45) is 5.84 Å². The molecule has 0 spiro atoms. The number of hydrogen-bond acceptors (Lipinski definition) is 4. The van der Waals surface area contributed by atoms with Crippen LogP contribution in [-0.2, 0) is 6.42 Å². The van der Waals surface area contributed by atoms with Crippen molar-refractivity contribution in [3.63, 3.8) is 0 Å². The summed E-state index contributed by atoms with van der Waals surface area (Å²) in [5.41, 5.74) is 11.0. The molecule has 1 aromatic carbocycles. The summed E-state index contributed by atoms with van der Waals surface area (Å²) < 4.78 is 0. The largest absolute Gasteiger partial charge is 0.271 e. The predicted molar refractivity (Wildman–Crippen MR) is 86.0 cm³/mol. The first-order valence-electron chi connectivity index (χ1n) is 7.34. The lowest BCUT2D eigenvalue weighted by Crippen LogP contribution is -2.30. The van der Waals surface area contributed by atoms with Crippen molar-refractivity contribution in [2.75, 3.05) is 0 Å². The van der Waals surface area contributed by atoms with Crippen LogP contribution in [-0.4, -0.2) is 10.2 Å². The molecule has 0 aliphatic carbocycles. The van der Waals surface area contributed by atoms with Gasteiger partial charge in [-0.15, -0.1) is 0 Å². The van der Waals surface area contributed by atoms with Crippen molar-refractivity contribution in [1.29, 1.82) is 0 Å². The zero-order valence-corrected chi connectivity index (χ0v) is 13.5. The second kappa shape index (κ2) is 6.33. The number of rotatable bonds is 4. The molecule has 0 radical (unpaired) electrons. The van der Waals surface area contributed by atoms with Crippen LogP contribution in [0.25, 0.3) is 0 Å². The van der Waals surface area contributed by atoms with E-state index in [-0.39, 0.29) is 6.04 Å². The summed E-state index contributed by atoms with van der Waals surface area (Å²) in [5, 5.41) is 8.47. The molecule has 0 aliphatic heterocycles. The van der Waals surface area contributed by atoms with Crippen LogP contribution >= 0.6 is 0 Å². The van der Waals surface area contributed by atoms with Gasteiger partial charge in [0.2, 0.25) is 0 Å². The molecule has 0 saturated carbocycles. The van der Waals surface area contributed by atoms with Gasteiger partial charge in [-0.3, -0.25) is 5.84 Å². The van der Waals surface area contributed by atoms with Crippen LogP contribution in [0.2, 0.25) is 0 Å². The zero-order valence-electron chi connectivity index (χ0n) is 13.5. The SMILES string of the molecule is CCc1nnc(C)cc1C(NN)c1cc(C)c(C)cc1C. The maximum atomic E-state index is 5.87. The average molecular weight is 284 g/mol. The van der Waals surface area contributed by atoms with Crippen molar-refractivity contribution in [3.05, 3.63) is 57.4 Å². The fourth-order valence-corrected chi connectivity index (χ4v) is 2.70. The minimum Gasteiger partial charge on any atom is -0.271 e. The monoisotopic (exact) mass is 284 g/mol. The van der Waals surface area contributed by atoms with Gasteiger partial charge in [-0.1, -0.05) is 19.1 Å². The molecule has 0 aliphatic rings. The first-order valence-corrected chi connectivity index (χ1v) is 7.34. The van der Waals surface area contributed by atoms with Crippen LogP contribution in [0.15, 0.2) is 18.2 Å². The summed E-state index contributed by atoms with van der Waals surface area (Å²) in [7, 11) is 0. The Bertz CT molecular complexity index is 649. The minimum atomic E-state index is -0.0616. The molecular weight excluding hydrogens is 260 g/mol. The standard InChI is InChI=1S/C17H24N4/c1-6-16-15(9-13(5)20-21-16)17(19-18)14-8-11(3)10(2)7-12(14)4/h7-9,17,19H,6,18H2,1-5H3. The van der Waals surface area contributed by atoms with Gasteiger partial charge in [0.1, 0.15) is 0 Å². The lowest BCUT2D eigenvalue weighted by molar-refractivity contribution is 0.618. The summed E-state index contributed by atoms with van der Waals surface area (Å²) in [4.78, 5) is 0. The lowest BCUT2D eigenvalue weighted by atomic mass is 9.91. The van der Waals surface area contributed by atoms with Crippen molar-refractivity contribution >= 4 is 0 Å². The summed E-state index contributed by atoms with van der Waals surface area (Å²) in [6.45, 7) is 10.4. The lowest BCUT2D eigenvalue weighted by Gasteiger charge is -2.22. The Morgan fingerprint density at radius 2 is 1.62 bits per heavy atom. The van der Waals surface area contributed by atoms with E-state index in [0.717, 1.165) is 23.4 Å². The smallest absolute Gasteiger partial charge is 0.0731 e. The topological polar surface area (TPSA) is 63.8 Å². The molecule has 0 saturated heterocycles. The van der Waals surface area contributed by atoms with E-state index in [1.54, 1.807) is 0 Å². The van der Waals surface area contributed by atoms with Crippen LogP contribution in [0.1, 0.15) is 52.2 Å². The Morgan fingerprint density at radius 3 is 2.24 bits per heavy atom. The van der Waals surface area contributed by atoms with E-state index in [2.05, 4.69) is 61.5 Å². The number of benzene rings is 1. The molecule has 0 amide bonds. The highest BCUT2D eigenvalue weighted by molar-refractivity contribution is 5.43. The first-order chi connectivity index (χ1) is 9.97. The van der Waals surface area contributed by atoms with Crippen LogP contribution < -0.4 is 11.3 Å². The number of nitrogens with two attached hydrogens (primary N) is 1. The van der Waals surface area contributed by atoms with Crippen molar-refractivity contribution < 1.29 is 0 Å². The highest BCUT2D eigenvalue weighted by Gasteiger charge is 2.19. The van der Waals surface area contributed by atoms with Gasteiger partial charge in [0.15, 0.2) is 0 Å². The van der Waals surface area contributed by atoms with Gasteiger partial charge in [0.25, 0.3) is 0 Å². The van der Waals surface area contributed by atoms with E-state index >= 15 is 0 Å². The average Bonchev–Trinajstić information content (AvgIpc) is 2.45. The van der Waals surface area contributed by atoms with Crippen molar-refractivity contribution in [1.82, 2.24) is 15.6 Å². The van der Waals surface area contributed by atoms with Gasteiger partial charge in [-0.2, -0.15) is 10.2 Å². The Morgan fingerprint density at radius 1 is 0.952 bits per heavy atom. The van der Waals surface area contributed by atoms with E-state index in [9.17, 15) is 0 Å². The third-order valence-corrected chi connectivity index (χ3v) is 4.03. The first kappa shape index (κ1) is 15.6. The van der Waals surface area contributed by atoms with Gasteiger partial charge >= 0.3 is 0 Å². The van der Waals surface area contributed by atoms with Gasteiger partial charge in [0, 0.05) is 5.56 Å². The Hall–Kier alpha value is -1.78. The highest BCUT2D eigenvalue weighted by Crippen LogP contribution is 2.28. The molecule has 1 heterocycles. The predicted octanol–water partition coefficient (Wildman–Crippen LogP) is 2.83. The number of hydrazine groups is 1. The van der Waals surface area contributed by atoms with E-state index < -0.39 is 0 Å². The third kappa shape index (κ3) is 3.12. The fourth-order valence-electron chi connectivity index (χ4n) is 2.70. The molecule has 3 N–H and O–H groups in total. The Balaban J connectivity index is 2.59. The normalized spacial score (nSPS) is 12.5. The van der Waals surface area contributed by atoms with E-state index in [1.807, 2.05) is 6.92 Å². The highest BCUT2D eigenvalue weighted by atomic mass is 15.2. The fraction of sp³-hybridized carbons (Fsp3) is 0.412. The Labute approximate surface area is 126 Å². The molecule has 2 aromatic rings.